The van der Waals surface area contributed by atoms with Crippen molar-refractivity contribution in [3.05, 3.63) is 29.1 Å². The maximum absolute atomic E-state index is 13.0. The van der Waals surface area contributed by atoms with E-state index < -0.39 is 49.4 Å². The number of hydrogen-bond donors (Lipinski definition) is 0. The van der Waals surface area contributed by atoms with Gasteiger partial charge in [0.05, 0.1) is 0 Å². The van der Waals surface area contributed by atoms with E-state index in [4.69, 9.17) is 0 Å². The molecule has 0 heterocycles. The third-order valence-corrected chi connectivity index (χ3v) is 2.69. The van der Waals surface area contributed by atoms with Crippen LogP contribution in [0.3, 0.4) is 0 Å². The zero-order valence-corrected chi connectivity index (χ0v) is 9.79. The molecule has 0 spiro atoms. The Morgan fingerprint density at radius 1 is 0.889 bits per heavy atom. The number of halogens is 5. The molecule has 0 aromatic heterocycles. The fourth-order valence-corrected chi connectivity index (χ4v) is 1.37. The summed E-state index contributed by atoms with van der Waals surface area (Å²) >= 11 is 0. The summed E-state index contributed by atoms with van der Waals surface area (Å²) in [6, 6.07) is 0. The molecule has 1 rings (SSSR count). The van der Waals surface area contributed by atoms with E-state index >= 15 is 0 Å². The molecule has 0 aliphatic carbocycles. The van der Waals surface area contributed by atoms with Gasteiger partial charge in [-0.05, 0) is 0 Å². The Hall–Kier alpha value is -0.823. The summed E-state index contributed by atoms with van der Waals surface area (Å²) in [7, 11) is -5.04. The van der Waals surface area contributed by atoms with Crippen LogP contribution in [0.4, 0.5) is 27.6 Å². The van der Waals surface area contributed by atoms with E-state index in [1.165, 1.54) is 0 Å². The van der Waals surface area contributed by atoms with Gasteiger partial charge in [-0.25, -0.2) is 30.4 Å². The Morgan fingerprint density at radius 3 is 1.44 bits per heavy atom. The molecular weight excluding hydrogens is 280 g/mol. The molecule has 0 saturated carbocycles. The minimum atomic E-state index is -5.40. The molecule has 0 amide bonds. The first-order valence-corrected chi connectivity index (χ1v) is 5.16. The number of hydrogen-bond acceptors (Lipinski definition) is 3. The molecule has 0 aliphatic rings. The van der Waals surface area contributed by atoms with Crippen LogP contribution in [0.5, 0.6) is 0 Å². The fourth-order valence-electron chi connectivity index (χ4n) is 0.982. The summed E-state index contributed by atoms with van der Waals surface area (Å²) < 4.78 is 94.7. The zero-order valence-electron chi connectivity index (χ0n) is 8.97. The molecular formula is C7H3F5LiNO3S. The van der Waals surface area contributed by atoms with E-state index in [1.54, 1.807) is 0 Å². The third kappa shape index (κ3) is 2.77. The van der Waals surface area contributed by atoms with Crippen molar-refractivity contribution in [3.63, 3.8) is 0 Å². The van der Waals surface area contributed by atoms with Gasteiger partial charge in [-0.1, -0.05) is 0 Å². The van der Waals surface area contributed by atoms with Gasteiger partial charge in [0.1, 0.15) is 5.69 Å². The van der Waals surface area contributed by atoms with Gasteiger partial charge < -0.3 is 4.55 Å². The fraction of sp³-hybridized carbons (Fsp3) is 0.143. The summed E-state index contributed by atoms with van der Waals surface area (Å²) in [6.07, 6.45) is 0. The summed E-state index contributed by atoms with van der Waals surface area (Å²) in [5.41, 5.74) is -1.82. The van der Waals surface area contributed by atoms with Crippen LogP contribution < -0.4 is 23.2 Å². The molecule has 4 nitrogen and oxygen atoms in total. The number of rotatable bonds is 2. The summed E-state index contributed by atoms with van der Waals surface area (Å²) in [6.45, 7) is 0. The van der Waals surface area contributed by atoms with Crippen molar-refractivity contribution in [2.45, 2.75) is 0 Å². The Bertz CT molecular complexity index is 550. The number of nitrogens with zero attached hydrogens (tertiary/aromatic N) is 1. The topological polar surface area (TPSA) is 60.4 Å². The second-order valence-corrected chi connectivity index (χ2v) is 4.25. The number of anilines is 1. The van der Waals surface area contributed by atoms with Crippen LogP contribution in [0, 0.1) is 29.1 Å². The maximum atomic E-state index is 13.0. The van der Waals surface area contributed by atoms with E-state index in [2.05, 4.69) is 0 Å². The Kier molecular flexibility index (Phi) is 5.19. The first-order chi connectivity index (χ1) is 7.59. The van der Waals surface area contributed by atoms with Gasteiger partial charge in [-0.2, -0.15) is 0 Å². The van der Waals surface area contributed by atoms with Crippen LogP contribution in [-0.2, 0) is 10.3 Å². The molecule has 0 bridgehead atoms. The minimum Gasteiger partial charge on any atom is -0.731 e. The summed E-state index contributed by atoms with van der Waals surface area (Å²) in [5, 5.41) is 0. The first-order valence-electron chi connectivity index (χ1n) is 3.80. The average molecular weight is 283 g/mol. The molecule has 1 aromatic carbocycles. The van der Waals surface area contributed by atoms with Gasteiger partial charge in [0.15, 0.2) is 33.6 Å². The van der Waals surface area contributed by atoms with E-state index in [0.717, 1.165) is 0 Å². The maximum Gasteiger partial charge on any atom is 1.00 e. The molecule has 0 N–H and O–H groups in total. The van der Waals surface area contributed by atoms with Gasteiger partial charge in [0.25, 0.3) is 0 Å². The van der Waals surface area contributed by atoms with Gasteiger partial charge in [0.2, 0.25) is 5.82 Å². The van der Waals surface area contributed by atoms with Crippen LogP contribution in [-0.4, -0.2) is 20.0 Å². The molecule has 0 saturated heterocycles. The first kappa shape index (κ1) is 17.2. The molecule has 11 heteroatoms. The smallest absolute Gasteiger partial charge is 0.731 e. The van der Waals surface area contributed by atoms with Crippen LogP contribution in [0.2, 0.25) is 0 Å². The van der Waals surface area contributed by atoms with Crippen LogP contribution in [0.15, 0.2) is 0 Å². The van der Waals surface area contributed by atoms with Gasteiger partial charge in [-0.3, -0.25) is 4.31 Å². The Morgan fingerprint density at radius 2 is 1.17 bits per heavy atom. The van der Waals surface area contributed by atoms with Gasteiger partial charge in [0, 0.05) is 7.05 Å². The monoisotopic (exact) mass is 283 g/mol. The summed E-state index contributed by atoms with van der Waals surface area (Å²) in [4.78, 5) is 0. The predicted molar refractivity (Wildman–Crippen MR) is 44.3 cm³/mol. The molecule has 96 valence electrons. The van der Waals surface area contributed by atoms with Gasteiger partial charge >= 0.3 is 18.9 Å². The average Bonchev–Trinajstić information content (AvgIpc) is 2.22. The second-order valence-electron chi connectivity index (χ2n) is 2.84. The molecule has 0 atom stereocenters. The van der Waals surface area contributed by atoms with Crippen molar-refractivity contribution in [2.75, 3.05) is 11.4 Å². The Labute approximate surface area is 110 Å². The van der Waals surface area contributed by atoms with Gasteiger partial charge in [-0.15, -0.1) is 0 Å². The zero-order chi connectivity index (χ0) is 13.5. The van der Waals surface area contributed by atoms with E-state index in [-0.39, 0.29) is 18.9 Å². The molecule has 0 aliphatic heterocycles. The molecule has 18 heavy (non-hydrogen) atoms. The molecule has 0 radical (unpaired) electrons. The second kappa shape index (κ2) is 5.44. The van der Waals surface area contributed by atoms with E-state index in [1.807, 2.05) is 0 Å². The SMILES string of the molecule is CN(c1c(F)c(F)c(F)c(F)c1F)S(=O)(=O)[O-].[Li+]. The van der Waals surface area contributed by atoms with Crippen molar-refractivity contribution >= 4 is 16.0 Å². The quantitative estimate of drug-likeness (QED) is 0.213. The predicted octanol–water partition coefficient (Wildman–Crippen LogP) is -1.72. The summed E-state index contributed by atoms with van der Waals surface area (Å²) in [5.74, 6) is -11.9. The van der Waals surface area contributed by atoms with Crippen molar-refractivity contribution in [3.8, 4) is 0 Å². The largest absolute Gasteiger partial charge is 1.00 e. The Balaban J connectivity index is 0.00000289. The van der Waals surface area contributed by atoms with Crippen LogP contribution >= 0.6 is 0 Å². The standard InChI is InChI=1S/C7H4F5NO3S.Li/c1-13(17(14,15)16)7-5(11)3(9)2(8)4(10)6(7)12;/h1H3,(H,14,15,16);/q;+1/p-1. The normalized spacial score (nSPS) is 11.1. The molecule has 0 unspecified atom stereocenters. The third-order valence-electron chi connectivity index (χ3n) is 1.84. The van der Waals surface area contributed by atoms with Crippen LogP contribution in [0.1, 0.15) is 0 Å². The van der Waals surface area contributed by atoms with Crippen LogP contribution in [0.25, 0.3) is 0 Å². The molecule has 0 fully saturated rings. The molecule has 1 aromatic rings. The van der Waals surface area contributed by atoms with E-state index in [9.17, 15) is 34.9 Å². The van der Waals surface area contributed by atoms with Crippen molar-refractivity contribution in [2.24, 2.45) is 0 Å². The van der Waals surface area contributed by atoms with Crippen molar-refractivity contribution in [1.29, 1.82) is 0 Å². The minimum absolute atomic E-state index is 0. The van der Waals surface area contributed by atoms with Crippen molar-refractivity contribution in [1.82, 2.24) is 0 Å². The van der Waals surface area contributed by atoms with E-state index in [0.29, 0.717) is 7.05 Å². The van der Waals surface area contributed by atoms with Crippen molar-refractivity contribution < 1.29 is 53.8 Å². The number of benzene rings is 1.